The van der Waals surface area contributed by atoms with Crippen molar-refractivity contribution in [1.29, 1.82) is 0 Å². The van der Waals surface area contributed by atoms with Gasteiger partial charge in [0, 0.05) is 28.2 Å². The van der Waals surface area contributed by atoms with E-state index in [0.717, 1.165) is 18.2 Å². The van der Waals surface area contributed by atoms with Crippen LogP contribution in [0.3, 0.4) is 0 Å². The van der Waals surface area contributed by atoms with E-state index in [-0.39, 0.29) is 29.7 Å². The third kappa shape index (κ3) is 5.47. The number of rotatable bonds is 7. The molecule has 0 aliphatic heterocycles. The minimum absolute atomic E-state index is 0.0556. The highest BCUT2D eigenvalue weighted by molar-refractivity contribution is 6.30. The highest BCUT2D eigenvalue weighted by atomic mass is 35.5. The van der Waals surface area contributed by atoms with Crippen molar-refractivity contribution in [2.24, 2.45) is 0 Å². The Hall–Kier alpha value is -4.37. The lowest BCUT2D eigenvalue weighted by Crippen LogP contribution is -2.33. The van der Waals surface area contributed by atoms with E-state index in [0.29, 0.717) is 27.1 Å². The predicted octanol–water partition coefficient (Wildman–Crippen LogP) is 5.63. The van der Waals surface area contributed by atoms with Crippen molar-refractivity contribution in [3.63, 3.8) is 0 Å². The Bertz CT molecular complexity index is 1680. The molecule has 0 radical (unpaired) electrons. The highest BCUT2D eigenvalue weighted by Gasteiger charge is 2.24. The van der Waals surface area contributed by atoms with E-state index in [9.17, 15) is 22.8 Å². The van der Waals surface area contributed by atoms with Crippen molar-refractivity contribution in [2.45, 2.75) is 18.9 Å². The van der Waals surface area contributed by atoms with Gasteiger partial charge in [-0.05, 0) is 65.6 Å². The zero-order chi connectivity index (χ0) is 26.8. The first-order chi connectivity index (χ1) is 18.3. The fourth-order valence-electron chi connectivity index (χ4n) is 4.47. The van der Waals surface area contributed by atoms with E-state index < -0.39 is 35.0 Å². The molecule has 5 aromatic rings. The Labute approximate surface area is 219 Å². The summed E-state index contributed by atoms with van der Waals surface area (Å²) in [4.78, 5) is 36.0. The van der Waals surface area contributed by atoms with Gasteiger partial charge in [0.05, 0.1) is 30.0 Å². The maximum Gasteiger partial charge on any atom is 0.258 e. The number of H-pyrrole nitrogens is 2. The van der Waals surface area contributed by atoms with Crippen LogP contribution < -0.4 is 10.9 Å². The van der Waals surface area contributed by atoms with Crippen LogP contribution in [0, 0.1) is 17.5 Å². The van der Waals surface area contributed by atoms with Crippen LogP contribution in [0.4, 0.5) is 13.2 Å². The van der Waals surface area contributed by atoms with Crippen LogP contribution in [0.25, 0.3) is 22.0 Å². The molecule has 0 saturated carbocycles. The summed E-state index contributed by atoms with van der Waals surface area (Å²) in [6, 6.07) is 12.8. The number of aromatic nitrogens is 3. The lowest BCUT2D eigenvalue weighted by molar-refractivity contribution is -0.121. The molecule has 38 heavy (non-hydrogen) atoms. The summed E-state index contributed by atoms with van der Waals surface area (Å²) in [6.45, 7) is 0. The van der Waals surface area contributed by atoms with Crippen molar-refractivity contribution < 1.29 is 18.0 Å². The summed E-state index contributed by atoms with van der Waals surface area (Å²) in [5, 5.41) is 3.87. The molecule has 0 spiro atoms. The number of amides is 1. The van der Waals surface area contributed by atoms with Gasteiger partial charge in [-0.2, -0.15) is 0 Å². The Morgan fingerprint density at radius 3 is 2.42 bits per heavy atom. The highest BCUT2D eigenvalue weighted by Crippen LogP contribution is 2.28. The molecule has 2 aromatic heterocycles. The van der Waals surface area contributed by atoms with Crippen LogP contribution in [-0.4, -0.2) is 20.9 Å². The van der Waals surface area contributed by atoms with E-state index in [2.05, 4.69) is 20.3 Å². The maximum atomic E-state index is 14.0. The van der Waals surface area contributed by atoms with Gasteiger partial charge in [-0.3, -0.25) is 9.59 Å². The van der Waals surface area contributed by atoms with Gasteiger partial charge in [-0.1, -0.05) is 23.7 Å². The first-order valence-corrected chi connectivity index (χ1v) is 12.0. The molecule has 0 saturated heterocycles. The molecule has 3 aromatic carbocycles. The minimum atomic E-state index is -0.932. The van der Waals surface area contributed by atoms with Gasteiger partial charge >= 0.3 is 0 Å². The van der Waals surface area contributed by atoms with Gasteiger partial charge in [-0.25, -0.2) is 18.2 Å². The van der Waals surface area contributed by atoms with Gasteiger partial charge < -0.3 is 15.3 Å². The molecule has 1 amide bonds. The molecule has 5 rings (SSSR count). The normalized spacial score (nSPS) is 12.0. The number of carbonyl (C=O) groups is 1. The number of nitrogens with zero attached hydrogens (tertiary/aromatic N) is 1. The molecule has 10 heteroatoms. The smallest absolute Gasteiger partial charge is 0.258 e. The Morgan fingerprint density at radius 1 is 0.947 bits per heavy atom. The zero-order valence-electron chi connectivity index (χ0n) is 19.7. The molecular weight excluding hydrogens is 517 g/mol. The van der Waals surface area contributed by atoms with Crippen LogP contribution in [-0.2, 0) is 17.6 Å². The van der Waals surface area contributed by atoms with E-state index >= 15 is 0 Å². The molecule has 192 valence electrons. The van der Waals surface area contributed by atoms with E-state index in [1.54, 1.807) is 36.5 Å². The fraction of sp³-hybridized carbons (Fsp3) is 0.107. The van der Waals surface area contributed by atoms with Gasteiger partial charge in [-0.15, -0.1) is 0 Å². The van der Waals surface area contributed by atoms with Crippen LogP contribution in [0.1, 0.15) is 22.9 Å². The van der Waals surface area contributed by atoms with Crippen LogP contribution in [0.15, 0.2) is 78.0 Å². The third-order valence-electron chi connectivity index (χ3n) is 6.12. The van der Waals surface area contributed by atoms with E-state index in [4.69, 9.17) is 11.6 Å². The first kappa shape index (κ1) is 25.3. The second-order valence-electron chi connectivity index (χ2n) is 8.78. The molecule has 0 aliphatic carbocycles. The first-order valence-electron chi connectivity index (χ1n) is 11.6. The molecule has 0 bridgehead atoms. The standard InChI is InChI=1S/C28H20ClF3N4O2/c29-18-3-1-16(2-4-18)26-27(34-14-35-28(26)38)24(9-15-7-20(31)11-21(32)8-15)36-25(37)10-17-13-33-23-6-5-19(30)12-22(17)23/h1-8,11-14,24,33H,9-10H2,(H,36,37)(H,34,35,38)/t24-/m0/s1. The number of aromatic amines is 2. The quantitative estimate of drug-likeness (QED) is 0.252. The van der Waals surface area contributed by atoms with Crippen molar-refractivity contribution in [3.05, 3.63) is 123 Å². The summed E-state index contributed by atoms with van der Waals surface area (Å²) in [7, 11) is 0. The van der Waals surface area contributed by atoms with Gasteiger partial charge in [0.25, 0.3) is 5.56 Å². The molecule has 2 heterocycles. The fourth-order valence-corrected chi connectivity index (χ4v) is 4.59. The Morgan fingerprint density at radius 2 is 1.68 bits per heavy atom. The predicted molar refractivity (Wildman–Crippen MR) is 138 cm³/mol. The third-order valence-corrected chi connectivity index (χ3v) is 6.38. The lowest BCUT2D eigenvalue weighted by Gasteiger charge is -2.21. The van der Waals surface area contributed by atoms with Gasteiger partial charge in [0.1, 0.15) is 17.5 Å². The molecule has 1 atom stereocenters. The number of hydrogen-bond donors (Lipinski definition) is 3. The average molecular weight is 537 g/mol. The number of halogens is 4. The average Bonchev–Trinajstić information content (AvgIpc) is 3.25. The van der Waals surface area contributed by atoms with Crippen LogP contribution >= 0.6 is 11.6 Å². The summed E-state index contributed by atoms with van der Waals surface area (Å²) in [5.74, 6) is -2.45. The number of carbonyl (C=O) groups excluding carboxylic acids is 1. The second-order valence-corrected chi connectivity index (χ2v) is 9.22. The molecular formula is C28H20ClF3N4O2. The molecule has 0 unspecified atom stereocenters. The SMILES string of the molecule is O=C(Cc1c[nH]c2ccc(F)cc12)N[C@@H](Cc1cc(F)cc(F)c1)c1nc[nH]c(=O)c1-c1ccc(Cl)cc1. The van der Waals surface area contributed by atoms with Crippen molar-refractivity contribution in [1.82, 2.24) is 20.3 Å². The van der Waals surface area contributed by atoms with Crippen LogP contribution in [0.2, 0.25) is 5.02 Å². The number of fused-ring (bicyclic) bond motifs is 1. The summed E-state index contributed by atoms with van der Waals surface area (Å²) >= 11 is 6.01. The molecule has 0 fully saturated rings. The molecule has 3 N–H and O–H groups in total. The number of hydrogen-bond acceptors (Lipinski definition) is 3. The minimum Gasteiger partial charge on any atom is -0.361 e. The summed E-state index contributed by atoms with van der Waals surface area (Å²) < 4.78 is 41.8. The molecule has 6 nitrogen and oxygen atoms in total. The maximum absolute atomic E-state index is 14.0. The molecule has 0 aliphatic rings. The largest absolute Gasteiger partial charge is 0.361 e. The summed E-state index contributed by atoms with van der Waals surface area (Å²) in [5.41, 5.74) is 1.90. The van der Waals surface area contributed by atoms with Crippen LogP contribution in [0.5, 0.6) is 0 Å². The van der Waals surface area contributed by atoms with Crippen molar-refractivity contribution >= 4 is 28.4 Å². The zero-order valence-corrected chi connectivity index (χ0v) is 20.5. The Balaban J connectivity index is 1.53. The topological polar surface area (TPSA) is 90.6 Å². The number of nitrogens with one attached hydrogen (secondary N) is 3. The van der Waals surface area contributed by atoms with E-state index in [1.165, 1.54) is 18.5 Å². The van der Waals surface area contributed by atoms with E-state index in [1.807, 2.05) is 0 Å². The lowest BCUT2D eigenvalue weighted by atomic mass is 9.96. The summed E-state index contributed by atoms with van der Waals surface area (Å²) in [6.07, 6.45) is 2.65. The monoisotopic (exact) mass is 536 g/mol. The van der Waals surface area contributed by atoms with Gasteiger partial charge in [0.15, 0.2) is 0 Å². The number of benzene rings is 3. The van der Waals surface area contributed by atoms with Crippen molar-refractivity contribution in [2.75, 3.05) is 0 Å². The second kappa shape index (κ2) is 10.5. The van der Waals surface area contributed by atoms with Crippen molar-refractivity contribution in [3.8, 4) is 11.1 Å². The Kier molecular flexibility index (Phi) is 7.02. The van der Waals surface area contributed by atoms with Gasteiger partial charge in [0.2, 0.25) is 5.91 Å².